The molecule has 3 aromatic carbocycles. The number of Topliss-reactive ketones (excluding diaryl/α,β-unsaturated/α-hetero) is 1. The highest BCUT2D eigenvalue weighted by Crippen LogP contribution is 2.57. The van der Waals surface area contributed by atoms with E-state index in [9.17, 15) is 44.5 Å². The summed E-state index contributed by atoms with van der Waals surface area (Å²) in [7, 11) is 2.82. The van der Waals surface area contributed by atoms with Crippen LogP contribution < -0.4 is 9.80 Å². The first-order valence-electron chi connectivity index (χ1n) is 15.2. The molecule has 1 fully saturated rings. The van der Waals surface area contributed by atoms with Gasteiger partial charge in [0.05, 0.1) is 27.4 Å². The second-order valence-corrected chi connectivity index (χ2v) is 12.7. The van der Waals surface area contributed by atoms with Crippen LogP contribution in [0.1, 0.15) is 31.2 Å². The van der Waals surface area contributed by atoms with Crippen molar-refractivity contribution in [3.63, 3.8) is 0 Å². The Labute approximate surface area is 272 Å². The molecule has 0 spiro atoms. The number of aromatic hydroxyl groups is 1. The minimum atomic E-state index is -1.04. The van der Waals surface area contributed by atoms with Crippen LogP contribution in [0.15, 0.2) is 83.0 Å². The van der Waals surface area contributed by atoms with Crippen molar-refractivity contribution < 1.29 is 34.1 Å². The maximum Gasteiger partial charge on any atom is 0.301 e. The van der Waals surface area contributed by atoms with Gasteiger partial charge in [-0.3, -0.25) is 39.4 Å². The monoisotopic (exact) mass is 648 g/mol. The number of imide groups is 1. The summed E-state index contributed by atoms with van der Waals surface area (Å²) in [4.78, 5) is 80.2. The number of anilines is 2. The predicted molar refractivity (Wildman–Crippen MR) is 174 cm³/mol. The van der Waals surface area contributed by atoms with Crippen molar-refractivity contribution in [3.8, 4) is 5.75 Å². The molecule has 0 bridgehead atoms. The Balaban J connectivity index is 1.40. The number of allylic oxidation sites excluding steroid dienone is 6. The highest BCUT2D eigenvalue weighted by atomic mass is 16.6. The highest BCUT2D eigenvalue weighted by molar-refractivity contribution is 6.25. The zero-order chi connectivity index (χ0) is 34.3. The maximum absolute atomic E-state index is 14.4. The van der Waals surface area contributed by atoms with Crippen LogP contribution in [0.4, 0.5) is 22.7 Å². The van der Waals surface area contributed by atoms with Crippen LogP contribution in [0.5, 0.6) is 5.75 Å². The summed E-state index contributed by atoms with van der Waals surface area (Å²) >= 11 is 0. The van der Waals surface area contributed by atoms with E-state index < -0.39 is 56.7 Å². The Bertz CT molecular complexity index is 2130. The van der Waals surface area contributed by atoms with Gasteiger partial charge in [0.15, 0.2) is 17.3 Å². The SMILES string of the molecule is CC1=CC(=O)C2=C(C[C@@H]3C(=CC[C@@H]4C(=O)N(c5cc([N+](=O)[O-])c(N(C)C)c([N+](=O)[O-])c5)C(=O)[C@@H]43)[C@@H]2c2c(O)ccc3ccccc23)C1=O. The van der Waals surface area contributed by atoms with Crippen molar-refractivity contribution in [2.75, 3.05) is 23.9 Å². The van der Waals surface area contributed by atoms with E-state index in [0.717, 1.165) is 22.4 Å². The number of hydrogen-bond donors (Lipinski definition) is 1. The van der Waals surface area contributed by atoms with Crippen molar-refractivity contribution in [2.24, 2.45) is 17.8 Å². The van der Waals surface area contributed by atoms with Crippen LogP contribution in [0, 0.1) is 38.0 Å². The first kappa shape index (κ1) is 30.7. The number of fused-ring (bicyclic) bond motifs is 4. The summed E-state index contributed by atoms with van der Waals surface area (Å²) in [5.74, 6) is -5.84. The summed E-state index contributed by atoms with van der Waals surface area (Å²) in [6.07, 6.45) is 3.12. The van der Waals surface area contributed by atoms with Gasteiger partial charge in [0.25, 0.3) is 0 Å². The number of ketones is 2. The molecule has 4 atom stereocenters. The van der Waals surface area contributed by atoms with E-state index in [4.69, 9.17) is 0 Å². The van der Waals surface area contributed by atoms with Gasteiger partial charge in [-0.1, -0.05) is 42.0 Å². The van der Waals surface area contributed by atoms with E-state index in [1.165, 1.54) is 38.1 Å². The second kappa shape index (κ2) is 10.8. The Hall–Kier alpha value is -5.98. The zero-order valence-electron chi connectivity index (χ0n) is 26.0. The molecular formula is C35H28N4O9. The van der Waals surface area contributed by atoms with Crippen molar-refractivity contribution in [1.29, 1.82) is 0 Å². The summed E-state index contributed by atoms with van der Waals surface area (Å²) in [5, 5.41) is 36.9. The number of carbonyl (C=O) groups is 4. The van der Waals surface area contributed by atoms with E-state index in [-0.39, 0.29) is 58.3 Å². The fraction of sp³-hybridized carbons (Fsp3) is 0.257. The zero-order valence-corrected chi connectivity index (χ0v) is 26.0. The molecular weight excluding hydrogens is 620 g/mol. The molecule has 4 aliphatic rings. The third-order valence-electron chi connectivity index (χ3n) is 9.95. The minimum absolute atomic E-state index is 0.0210. The molecule has 48 heavy (non-hydrogen) atoms. The van der Waals surface area contributed by atoms with E-state index in [1.54, 1.807) is 24.3 Å². The van der Waals surface area contributed by atoms with Gasteiger partial charge < -0.3 is 10.0 Å². The smallest absolute Gasteiger partial charge is 0.301 e. The average molecular weight is 649 g/mol. The van der Waals surface area contributed by atoms with Crippen LogP contribution in [0.2, 0.25) is 0 Å². The minimum Gasteiger partial charge on any atom is -0.508 e. The van der Waals surface area contributed by atoms with E-state index >= 15 is 0 Å². The quantitative estimate of drug-likeness (QED) is 0.129. The maximum atomic E-state index is 14.4. The third kappa shape index (κ3) is 4.30. The molecule has 0 saturated carbocycles. The van der Waals surface area contributed by atoms with Crippen LogP contribution in [-0.4, -0.2) is 52.4 Å². The molecule has 0 unspecified atom stereocenters. The molecule has 0 aromatic heterocycles. The molecule has 3 aromatic rings. The van der Waals surface area contributed by atoms with Gasteiger partial charge in [-0.05, 0) is 48.6 Å². The first-order chi connectivity index (χ1) is 22.8. The topological polar surface area (TPSA) is 181 Å². The molecule has 1 N–H and O–H groups in total. The lowest BCUT2D eigenvalue weighted by Crippen LogP contribution is -2.40. The normalized spacial score (nSPS) is 23.4. The summed E-state index contributed by atoms with van der Waals surface area (Å²) in [6, 6.07) is 12.5. The second-order valence-electron chi connectivity index (χ2n) is 12.7. The lowest BCUT2D eigenvalue weighted by Gasteiger charge is -2.42. The predicted octanol–water partition coefficient (Wildman–Crippen LogP) is 5.06. The number of nitro benzene ring substituents is 2. The number of nitrogens with zero attached hydrogens (tertiary/aromatic N) is 4. The van der Waals surface area contributed by atoms with Gasteiger partial charge in [0.1, 0.15) is 5.75 Å². The van der Waals surface area contributed by atoms with E-state index in [1.807, 2.05) is 12.1 Å². The summed E-state index contributed by atoms with van der Waals surface area (Å²) < 4.78 is 0. The summed E-state index contributed by atoms with van der Waals surface area (Å²) in [5.41, 5.74) is -0.207. The van der Waals surface area contributed by atoms with Crippen molar-refractivity contribution in [2.45, 2.75) is 25.7 Å². The fourth-order valence-electron chi connectivity index (χ4n) is 8.01. The molecule has 1 saturated heterocycles. The lowest BCUT2D eigenvalue weighted by molar-refractivity contribution is -0.392. The molecule has 2 amide bonds. The fourth-order valence-corrected chi connectivity index (χ4v) is 8.01. The molecule has 242 valence electrons. The number of benzene rings is 3. The van der Waals surface area contributed by atoms with Crippen molar-refractivity contribution in [1.82, 2.24) is 0 Å². The van der Waals surface area contributed by atoms with Gasteiger partial charge >= 0.3 is 11.4 Å². The number of hydrogen-bond acceptors (Lipinski definition) is 10. The van der Waals surface area contributed by atoms with Crippen molar-refractivity contribution in [3.05, 3.63) is 109 Å². The van der Waals surface area contributed by atoms with Gasteiger partial charge in [-0.25, -0.2) is 4.90 Å². The number of phenols is 1. The van der Waals surface area contributed by atoms with Gasteiger partial charge in [0.2, 0.25) is 11.8 Å². The molecule has 1 aliphatic heterocycles. The Kier molecular flexibility index (Phi) is 6.89. The van der Waals surface area contributed by atoms with E-state index in [2.05, 4.69) is 0 Å². The molecule has 0 radical (unpaired) electrons. The molecule has 1 heterocycles. The van der Waals surface area contributed by atoms with Crippen molar-refractivity contribution >= 4 is 56.9 Å². The van der Waals surface area contributed by atoms with Crippen LogP contribution in [-0.2, 0) is 19.2 Å². The van der Waals surface area contributed by atoms with Gasteiger partial charge in [-0.2, -0.15) is 0 Å². The van der Waals surface area contributed by atoms with Crippen LogP contribution in [0.3, 0.4) is 0 Å². The Morgan fingerprint density at radius 3 is 2.23 bits per heavy atom. The average Bonchev–Trinajstić information content (AvgIpc) is 3.31. The van der Waals surface area contributed by atoms with Crippen LogP contribution in [0.25, 0.3) is 10.8 Å². The first-order valence-corrected chi connectivity index (χ1v) is 15.2. The van der Waals surface area contributed by atoms with E-state index in [0.29, 0.717) is 16.5 Å². The standard InChI is InChI=1S/C35H28N4O9/c1-16-12-27(41)30-23(33(16)42)15-22-20(31(30)29-19-7-5-4-6-17(19)8-11-26(29)40)9-10-21-28(22)35(44)37(34(21)43)18-13-24(38(45)46)32(36(2)3)25(14-18)39(47)48/h4-9,11-14,21-22,28,31,40H,10,15H2,1-3H3/t21-,22+,28-,31+/m0/s1. The lowest BCUT2D eigenvalue weighted by atomic mass is 9.59. The molecule has 3 aliphatic carbocycles. The molecule has 13 nitrogen and oxygen atoms in total. The number of nitro groups is 2. The number of amides is 2. The van der Waals surface area contributed by atoms with Gasteiger partial charge in [0, 0.05) is 54.4 Å². The largest absolute Gasteiger partial charge is 0.508 e. The summed E-state index contributed by atoms with van der Waals surface area (Å²) in [6.45, 7) is 1.53. The molecule has 13 heteroatoms. The molecule has 7 rings (SSSR count). The highest BCUT2D eigenvalue weighted by Gasteiger charge is 2.57. The van der Waals surface area contributed by atoms with Crippen LogP contribution >= 0.6 is 0 Å². The number of phenolic OH excluding ortho intramolecular Hbond substituents is 1. The number of rotatable bonds is 5. The number of carbonyl (C=O) groups excluding carboxylic acids is 4. The Morgan fingerprint density at radius 1 is 0.917 bits per heavy atom. The van der Waals surface area contributed by atoms with Gasteiger partial charge in [-0.15, -0.1) is 0 Å². The third-order valence-corrected chi connectivity index (χ3v) is 9.95. The Morgan fingerprint density at radius 2 is 1.58 bits per heavy atom.